The first-order valence-corrected chi connectivity index (χ1v) is 9.34. The average Bonchev–Trinajstić information content (AvgIpc) is 3.36. The van der Waals surface area contributed by atoms with Crippen molar-refractivity contribution in [2.24, 2.45) is 11.3 Å². The molecule has 1 atom stereocenters. The summed E-state index contributed by atoms with van der Waals surface area (Å²) in [6.45, 7) is 3.04. The third-order valence-electron chi connectivity index (χ3n) is 5.90. The molecule has 4 rings (SSSR count). The molecule has 25 heavy (non-hydrogen) atoms. The number of carbonyl (C=O) groups excluding carboxylic acids is 2. The first-order chi connectivity index (χ1) is 12.1. The molecule has 2 saturated heterocycles. The fourth-order valence-corrected chi connectivity index (χ4v) is 4.25. The molecular weight excluding hydrogens is 316 g/mol. The van der Waals surface area contributed by atoms with Crippen molar-refractivity contribution in [3.05, 3.63) is 23.9 Å². The summed E-state index contributed by atoms with van der Waals surface area (Å²) < 4.78 is 0. The van der Waals surface area contributed by atoms with Gasteiger partial charge < -0.3 is 15.1 Å². The van der Waals surface area contributed by atoms with Crippen molar-refractivity contribution in [1.29, 1.82) is 0 Å². The van der Waals surface area contributed by atoms with Gasteiger partial charge in [-0.25, -0.2) is 4.98 Å². The molecule has 1 aromatic heterocycles. The van der Waals surface area contributed by atoms with Crippen molar-refractivity contribution < 1.29 is 9.59 Å². The zero-order valence-corrected chi connectivity index (χ0v) is 14.8. The van der Waals surface area contributed by atoms with Gasteiger partial charge in [0.05, 0.1) is 5.41 Å². The van der Waals surface area contributed by atoms with Crippen molar-refractivity contribution in [1.82, 2.24) is 14.8 Å². The van der Waals surface area contributed by atoms with E-state index in [1.807, 2.05) is 4.90 Å². The van der Waals surface area contributed by atoms with E-state index in [0.717, 1.165) is 38.3 Å². The van der Waals surface area contributed by atoms with E-state index in [1.54, 1.807) is 25.4 Å². The molecule has 1 saturated carbocycles. The second-order valence-electron chi connectivity index (χ2n) is 7.73. The van der Waals surface area contributed by atoms with Gasteiger partial charge in [-0.2, -0.15) is 0 Å². The van der Waals surface area contributed by atoms with Crippen molar-refractivity contribution in [2.45, 2.75) is 32.1 Å². The average molecular weight is 342 g/mol. The standard InChI is InChI=1S/C19H26N4O2/c1-20-16-11-15(5-8-21-16)17(24)23-10-7-19(13-23)6-2-9-22(18(19)25)12-14-3-4-14/h5,8,11,14H,2-4,6-7,9-10,12-13H2,1H3,(H,20,21). The first kappa shape index (κ1) is 16.4. The molecule has 134 valence electrons. The number of nitrogens with zero attached hydrogens (tertiary/aromatic N) is 3. The van der Waals surface area contributed by atoms with Crippen LogP contribution in [-0.2, 0) is 4.79 Å². The molecule has 0 radical (unpaired) electrons. The Hall–Kier alpha value is -2.11. The summed E-state index contributed by atoms with van der Waals surface area (Å²) >= 11 is 0. The molecule has 6 nitrogen and oxygen atoms in total. The van der Waals surface area contributed by atoms with E-state index in [1.165, 1.54) is 12.8 Å². The smallest absolute Gasteiger partial charge is 0.254 e. The van der Waals surface area contributed by atoms with Crippen LogP contribution in [-0.4, -0.2) is 59.8 Å². The normalized spacial score (nSPS) is 26.4. The number of aromatic nitrogens is 1. The molecule has 2 aliphatic heterocycles. The topological polar surface area (TPSA) is 65.5 Å². The van der Waals surface area contributed by atoms with Crippen LogP contribution < -0.4 is 5.32 Å². The predicted molar refractivity (Wildman–Crippen MR) is 95.3 cm³/mol. The fourth-order valence-electron chi connectivity index (χ4n) is 4.25. The summed E-state index contributed by atoms with van der Waals surface area (Å²) in [4.78, 5) is 34.0. The number of hydrogen-bond donors (Lipinski definition) is 1. The van der Waals surface area contributed by atoms with Crippen LogP contribution in [0.15, 0.2) is 18.3 Å². The van der Waals surface area contributed by atoms with Gasteiger partial charge in [-0.15, -0.1) is 0 Å². The monoisotopic (exact) mass is 342 g/mol. The molecule has 3 heterocycles. The third kappa shape index (κ3) is 3.10. The van der Waals surface area contributed by atoms with Gasteiger partial charge in [0, 0.05) is 45.0 Å². The van der Waals surface area contributed by atoms with Gasteiger partial charge in [-0.1, -0.05) is 0 Å². The van der Waals surface area contributed by atoms with Crippen LogP contribution in [0, 0.1) is 11.3 Å². The Morgan fingerprint density at radius 3 is 2.96 bits per heavy atom. The van der Waals surface area contributed by atoms with Crippen LogP contribution in [0.2, 0.25) is 0 Å². The molecule has 6 heteroatoms. The number of hydrogen-bond acceptors (Lipinski definition) is 4. The molecule has 1 N–H and O–H groups in total. The van der Waals surface area contributed by atoms with Gasteiger partial charge in [0.1, 0.15) is 5.82 Å². The van der Waals surface area contributed by atoms with Gasteiger partial charge in [-0.3, -0.25) is 9.59 Å². The number of piperidine rings is 1. The number of carbonyl (C=O) groups is 2. The van der Waals surface area contributed by atoms with E-state index in [2.05, 4.69) is 15.2 Å². The number of rotatable bonds is 4. The van der Waals surface area contributed by atoms with E-state index < -0.39 is 0 Å². The molecule has 3 aliphatic rings. The second-order valence-corrected chi connectivity index (χ2v) is 7.73. The Kier molecular flexibility index (Phi) is 4.13. The molecule has 3 fully saturated rings. The minimum absolute atomic E-state index is 0.00268. The Morgan fingerprint density at radius 2 is 2.20 bits per heavy atom. The highest BCUT2D eigenvalue weighted by Gasteiger charge is 2.50. The van der Waals surface area contributed by atoms with Gasteiger partial charge in [0.2, 0.25) is 5.91 Å². The van der Waals surface area contributed by atoms with E-state index in [0.29, 0.717) is 24.5 Å². The Labute approximate surface area is 148 Å². The third-order valence-corrected chi connectivity index (χ3v) is 5.90. The van der Waals surface area contributed by atoms with E-state index in [9.17, 15) is 9.59 Å². The van der Waals surface area contributed by atoms with Gasteiger partial charge in [0.15, 0.2) is 0 Å². The molecule has 1 spiro atoms. The largest absolute Gasteiger partial charge is 0.373 e. The number of amides is 2. The highest BCUT2D eigenvalue weighted by Crippen LogP contribution is 2.42. The lowest BCUT2D eigenvalue weighted by Gasteiger charge is -2.39. The van der Waals surface area contributed by atoms with Crippen LogP contribution in [0.25, 0.3) is 0 Å². The lowest BCUT2D eigenvalue weighted by atomic mass is 9.78. The van der Waals surface area contributed by atoms with Gasteiger partial charge in [-0.05, 0) is 50.2 Å². The number of likely N-dealkylation sites (tertiary alicyclic amines) is 2. The van der Waals surface area contributed by atoms with E-state index >= 15 is 0 Å². The maximum Gasteiger partial charge on any atom is 0.254 e. The highest BCUT2D eigenvalue weighted by atomic mass is 16.2. The lowest BCUT2D eigenvalue weighted by molar-refractivity contribution is -0.145. The summed E-state index contributed by atoms with van der Waals surface area (Å²) in [5, 5.41) is 2.96. The minimum atomic E-state index is -0.346. The molecule has 0 aromatic carbocycles. The van der Waals surface area contributed by atoms with Crippen LogP contribution in [0.1, 0.15) is 42.5 Å². The summed E-state index contributed by atoms with van der Waals surface area (Å²) in [5.41, 5.74) is 0.288. The zero-order valence-electron chi connectivity index (χ0n) is 14.8. The molecule has 1 aliphatic carbocycles. The molecule has 0 bridgehead atoms. The molecule has 1 unspecified atom stereocenters. The number of nitrogens with one attached hydrogen (secondary N) is 1. The zero-order chi connectivity index (χ0) is 17.4. The highest BCUT2D eigenvalue weighted by molar-refractivity contribution is 5.96. The fraction of sp³-hybridized carbons (Fsp3) is 0.632. The van der Waals surface area contributed by atoms with Gasteiger partial charge in [0.25, 0.3) is 5.91 Å². The Balaban J connectivity index is 1.47. The minimum Gasteiger partial charge on any atom is -0.373 e. The van der Waals surface area contributed by atoms with Crippen LogP contribution in [0.3, 0.4) is 0 Å². The van der Waals surface area contributed by atoms with Crippen LogP contribution in [0.5, 0.6) is 0 Å². The van der Waals surface area contributed by atoms with Crippen molar-refractivity contribution in [3.63, 3.8) is 0 Å². The summed E-state index contributed by atoms with van der Waals surface area (Å²) in [5.74, 6) is 1.69. The Morgan fingerprint density at radius 1 is 1.36 bits per heavy atom. The second kappa shape index (κ2) is 6.32. The van der Waals surface area contributed by atoms with Crippen molar-refractivity contribution in [3.8, 4) is 0 Å². The van der Waals surface area contributed by atoms with Crippen molar-refractivity contribution >= 4 is 17.6 Å². The molecular formula is C19H26N4O2. The molecule has 2 amide bonds. The Bertz CT molecular complexity index is 688. The summed E-state index contributed by atoms with van der Waals surface area (Å²) in [6, 6.07) is 3.52. The maximum atomic E-state index is 13.1. The van der Waals surface area contributed by atoms with Gasteiger partial charge >= 0.3 is 0 Å². The first-order valence-electron chi connectivity index (χ1n) is 9.34. The van der Waals surface area contributed by atoms with Crippen LogP contribution in [0.4, 0.5) is 5.82 Å². The predicted octanol–water partition coefficient (Wildman–Crippen LogP) is 1.99. The summed E-state index contributed by atoms with van der Waals surface area (Å²) in [6.07, 6.45) is 6.93. The lowest BCUT2D eigenvalue weighted by Crippen LogP contribution is -2.50. The van der Waals surface area contributed by atoms with Crippen LogP contribution >= 0.6 is 0 Å². The van der Waals surface area contributed by atoms with E-state index in [-0.39, 0.29) is 17.2 Å². The maximum absolute atomic E-state index is 13.1. The number of pyridine rings is 1. The molecule has 1 aromatic rings. The van der Waals surface area contributed by atoms with E-state index in [4.69, 9.17) is 0 Å². The van der Waals surface area contributed by atoms with Crippen molar-refractivity contribution in [2.75, 3.05) is 38.5 Å². The summed E-state index contributed by atoms with van der Waals surface area (Å²) in [7, 11) is 1.79. The quantitative estimate of drug-likeness (QED) is 0.909. The SMILES string of the molecule is CNc1cc(C(=O)N2CCC3(CCCN(CC4CC4)C3=O)C2)ccn1. The number of anilines is 1.